The van der Waals surface area contributed by atoms with Crippen LogP contribution in [0.3, 0.4) is 0 Å². The van der Waals surface area contributed by atoms with Crippen molar-refractivity contribution >= 4 is 17.3 Å². The Bertz CT molecular complexity index is 1400. The third-order valence-electron chi connectivity index (χ3n) is 6.55. The quantitative estimate of drug-likeness (QED) is 0.218. The summed E-state index contributed by atoms with van der Waals surface area (Å²) in [5.41, 5.74) is 8.68. The molecule has 38 heavy (non-hydrogen) atoms. The topological polar surface area (TPSA) is 115 Å². The zero-order valence-electron chi connectivity index (χ0n) is 21.3. The molecule has 1 aromatic heterocycles. The monoisotopic (exact) mass is 509 g/mol. The zero-order valence-corrected chi connectivity index (χ0v) is 21.3. The molecule has 1 aliphatic carbocycles. The molecule has 1 aliphatic rings. The maximum atomic E-state index is 8.82. The van der Waals surface area contributed by atoms with Crippen LogP contribution in [0.5, 0.6) is 23.0 Å². The van der Waals surface area contributed by atoms with Gasteiger partial charge in [-0.1, -0.05) is 31.0 Å². The van der Waals surface area contributed by atoms with Crippen LogP contribution in [0.25, 0.3) is 0 Å². The maximum absolute atomic E-state index is 8.82. The van der Waals surface area contributed by atoms with Crippen LogP contribution in [0.4, 0.5) is 11.6 Å². The van der Waals surface area contributed by atoms with Crippen LogP contribution in [-0.4, -0.2) is 28.8 Å². The van der Waals surface area contributed by atoms with E-state index in [9.17, 15) is 0 Å². The Kier molecular flexibility index (Phi) is 7.68. The van der Waals surface area contributed by atoms with Crippen molar-refractivity contribution in [2.24, 2.45) is 0 Å². The molecule has 3 aromatic carbocycles. The van der Waals surface area contributed by atoms with E-state index < -0.39 is 0 Å². The van der Waals surface area contributed by atoms with Crippen molar-refractivity contribution in [2.45, 2.75) is 38.3 Å². The molecule has 0 atom stereocenters. The number of nitrogens with one attached hydrogen (secondary N) is 2. The van der Waals surface area contributed by atoms with Crippen LogP contribution >= 0.6 is 0 Å². The average Bonchev–Trinajstić information content (AvgIpc) is 3.46. The fourth-order valence-corrected chi connectivity index (χ4v) is 4.55. The molecular formula is C30H31N5O3. The molecule has 0 bridgehead atoms. The Balaban J connectivity index is 1.25. The molecule has 5 rings (SSSR count). The third-order valence-corrected chi connectivity index (χ3v) is 6.55. The molecule has 0 saturated heterocycles. The van der Waals surface area contributed by atoms with Gasteiger partial charge in [0.05, 0.1) is 18.4 Å². The van der Waals surface area contributed by atoms with Crippen LogP contribution < -0.4 is 25.3 Å². The van der Waals surface area contributed by atoms with Gasteiger partial charge >= 0.3 is 0 Å². The molecule has 0 radical (unpaired) electrons. The predicted molar refractivity (Wildman–Crippen MR) is 149 cm³/mol. The minimum Gasteiger partial charge on any atom is -0.497 e. The molecule has 0 unspecified atom stereocenters. The smallest absolute Gasteiger partial charge is 0.141 e. The Hall–Kier alpha value is -4.59. The standard InChI is InChI=1S/C30H31N5O3/c1-36-24-9-4-6-20(16-24)18-37-25-10-5-11-26(17-25)38-23-14-12-21(13-15-23)28(31)27-29(32)33-19-34-30(27)35-22-7-2-3-8-22/h4-6,9-17,19,22,31H,2-3,7-8,18H2,1H3,(H3,32,33,34,35). The lowest BCUT2D eigenvalue weighted by Crippen LogP contribution is -2.20. The van der Waals surface area contributed by atoms with Gasteiger partial charge in [-0.05, 0) is 66.9 Å². The summed E-state index contributed by atoms with van der Waals surface area (Å²) < 4.78 is 17.3. The van der Waals surface area contributed by atoms with E-state index in [-0.39, 0.29) is 11.5 Å². The summed E-state index contributed by atoms with van der Waals surface area (Å²) in [7, 11) is 1.65. The Morgan fingerprint density at radius 3 is 2.45 bits per heavy atom. The highest BCUT2D eigenvalue weighted by Crippen LogP contribution is 2.29. The number of hydrogen-bond acceptors (Lipinski definition) is 8. The van der Waals surface area contributed by atoms with Gasteiger partial charge in [-0.2, -0.15) is 0 Å². The van der Waals surface area contributed by atoms with Gasteiger partial charge in [0.25, 0.3) is 0 Å². The highest BCUT2D eigenvalue weighted by Gasteiger charge is 2.21. The molecule has 8 heteroatoms. The minimum absolute atomic E-state index is 0.267. The second kappa shape index (κ2) is 11.6. The summed E-state index contributed by atoms with van der Waals surface area (Å²) in [6.07, 6.45) is 6.02. The normalized spacial score (nSPS) is 13.2. The molecule has 1 saturated carbocycles. The first kappa shape index (κ1) is 25.1. The van der Waals surface area contributed by atoms with Crippen LogP contribution in [0.15, 0.2) is 79.1 Å². The molecule has 1 heterocycles. The van der Waals surface area contributed by atoms with Crippen molar-refractivity contribution in [3.63, 3.8) is 0 Å². The number of rotatable bonds is 10. The second-order valence-electron chi connectivity index (χ2n) is 9.22. The van der Waals surface area contributed by atoms with Crippen LogP contribution in [0, 0.1) is 5.41 Å². The van der Waals surface area contributed by atoms with E-state index in [0.29, 0.717) is 46.8 Å². The number of methoxy groups -OCH3 is 1. The lowest BCUT2D eigenvalue weighted by atomic mass is 10.0. The van der Waals surface area contributed by atoms with Crippen molar-refractivity contribution in [1.29, 1.82) is 5.41 Å². The highest BCUT2D eigenvalue weighted by atomic mass is 16.5. The number of nitrogens with zero attached hydrogens (tertiary/aromatic N) is 2. The molecule has 8 nitrogen and oxygen atoms in total. The SMILES string of the molecule is COc1cccc(COc2cccc(Oc3ccc(C(=N)c4c(N)ncnc4NC4CCCC4)cc3)c2)c1. The van der Waals surface area contributed by atoms with Crippen molar-refractivity contribution in [1.82, 2.24) is 9.97 Å². The van der Waals surface area contributed by atoms with E-state index in [4.69, 9.17) is 25.4 Å². The van der Waals surface area contributed by atoms with Crippen molar-refractivity contribution < 1.29 is 14.2 Å². The summed E-state index contributed by atoms with van der Waals surface area (Å²) in [5.74, 6) is 3.69. The summed E-state index contributed by atoms with van der Waals surface area (Å²) in [6.45, 7) is 0.418. The predicted octanol–water partition coefficient (Wildman–Crippen LogP) is 6.21. The molecule has 4 N–H and O–H groups in total. The first-order chi connectivity index (χ1) is 18.6. The third kappa shape index (κ3) is 6.03. The van der Waals surface area contributed by atoms with Gasteiger partial charge in [-0.3, -0.25) is 5.41 Å². The molecule has 194 valence electrons. The van der Waals surface area contributed by atoms with Crippen LogP contribution in [0.1, 0.15) is 42.4 Å². The average molecular weight is 510 g/mol. The highest BCUT2D eigenvalue weighted by molar-refractivity contribution is 6.16. The van der Waals surface area contributed by atoms with E-state index in [1.54, 1.807) is 7.11 Å². The Morgan fingerprint density at radius 2 is 1.66 bits per heavy atom. The number of ether oxygens (including phenoxy) is 3. The van der Waals surface area contributed by atoms with E-state index in [2.05, 4.69) is 15.3 Å². The number of hydrogen-bond donors (Lipinski definition) is 3. The number of anilines is 2. The zero-order chi connectivity index (χ0) is 26.3. The number of aromatic nitrogens is 2. The Labute approximate surface area is 222 Å². The summed E-state index contributed by atoms with van der Waals surface area (Å²) in [5, 5.41) is 12.3. The minimum atomic E-state index is 0.267. The van der Waals surface area contributed by atoms with Gasteiger partial charge < -0.3 is 25.3 Å². The largest absolute Gasteiger partial charge is 0.497 e. The molecule has 0 spiro atoms. The Morgan fingerprint density at radius 1 is 0.921 bits per heavy atom. The second-order valence-corrected chi connectivity index (χ2v) is 9.22. The van der Waals surface area contributed by atoms with Crippen molar-refractivity contribution in [3.8, 4) is 23.0 Å². The van der Waals surface area contributed by atoms with Gasteiger partial charge in [-0.15, -0.1) is 0 Å². The fourth-order valence-electron chi connectivity index (χ4n) is 4.55. The first-order valence-corrected chi connectivity index (χ1v) is 12.7. The number of benzene rings is 3. The summed E-state index contributed by atoms with van der Waals surface area (Å²) >= 11 is 0. The molecular weight excluding hydrogens is 478 g/mol. The fraction of sp³-hybridized carbons (Fsp3) is 0.233. The van der Waals surface area contributed by atoms with E-state index in [0.717, 1.165) is 24.2 Å². The van der Waals surface area contributed by atoms with E-state index in [1.165, 1.54) is 19.2 Å². The van der Waals surface area contributed by atoms with E-state index >= 15 is 0 Å². The molecule has 0 amide bonds. The van der Waals surface area contributed by atoms with Gasteiger partial charge in [0.1, 0.15) is 47.6 Å². The molecule has 0 aliphatic heterocycles. The lowest BCUT2D eigenvalue weighted by molar-refractivity contribution is 0.303. The molecule has 1 fully saturated rings. The first-order valence-electron chi connectivity index (χ1n) is 12.7. The number of nitrogen functional groups attached to an aromatic ring is 1. The lowest BCUT2D eigenvalue weighted by Gasteiger charge is -2.17. The maximum Gasteiger partial charge on any atom is 0.141 e. The van der Waals surface area contributed by atoms with Gasteiger partial charge in [0.15, 0.2) is 0 Å². The van der Waals surface area contributed by atoms with Gasteiger partial charge in [0, 0.05) is 17.7 Å². The van der Waals surface area contributed by atoms with E-state index in [1.807, 2.05) is 72.8 Å². The van der Waals surface area contributed by atoms with Crippen LogP contribution in [0.2, 0.25) is 0 Å². The van der Waals surface area contributed by atoms with Crippen molar-refractivity contribution in [3.05, 3.63) is 95.8 Å². The van der Waals surface area contributed by atoms with Crippen molar-refractivity contribution in [2.75, 3.05) is 18.2 Å². The van der Waals surface area contributed by atoms with Gasteiger partial charge in [-0.25, -0.2) is 9.97 Å². The number of nitrogens with two attached hydrogens (primary N) is 1. The molecule has 4 aromatic rings. The van der Waals surface area contributed by atoms with Gasteiger partial charge in [0.2, 0.25) is 0 Å². The summed E-state index contributed by atoms with van der Waals surface area (Å²) in [6, 6.07) is 23.0. The summed E-state index contributed by atoms with van der Waals surface area (Å²) in [4.78, 5) is 8.52. The van der Waals surface area contributed by atoms with Crippen LogP contribution in [-0.2, 0) is 6.61 Å².